The minimum absolute atomic E-state index is 0.0396. The third-order valence-electron chi connectivity index (χ3n) is 7.26. The van der Waals surface area contributed by atoms with Crippen LogP contribution in [0.3, 0.4) is 0 Å². The summed E-state index contributed by atoms with van der Waals surface area (Å²) >= 11 is 12.4. The molecule has 0 radical (unpaired) electrons. The summed E-state index contributed by atoms with van der Waals surface area (Å²) in [6.07, 6.45) is 1.68. The monoisotopic (exact) mass is 637 g/mol. The second kappa shape index (κ2) is 14.7. The number of aliphatic hydroxyl groups is 1. The highest BCUT2D eigenvalue weighted by Crippen LogP contribution is 2.39. The smallest absolute Gasteiger partial charge is 0.224 e. The van der Waals surface area contributed by atoms with E-state index in [2.05, 4.69) is 15.6 Å². The first kappa shape index (κ1) is 31.5. The van der Waals surface area contributed by atoms with Crippen molar-refractivity contribution < 1.29 is 24.2 Å². The lowest BCUT2D eigenvalue weighted by atomic mass is 10.00. The molecule has 0 unspecified atom stereocenters. The number of anilines is 3. The van der Waals surface area contributed by atoms with Gasteiger partial charge in [-0.2, -0.15) is 0 Å². The molecule has 0 bridgehead atoms. The number of nitrogens with zero attached hydrogens (tertiary/aromatic N) is 2. The number of rotatable bonds is 11. The zero-order valence-electron chi connectivity index (χ0n) is 23.8. The first-order valence-electron chi connectivity index (χ1n) is 14.2. The van der Waals surface area contributed by atoms with E-state index in [1.807, 2.05) is 36.4 Å². The molecular formula is C32H33Cl2N5O5. The summed E-state index contributed by atoms with van der Waals surface area (Å²) in [5.41, 5.74) is 10.1. The molecular weight excluding hydrogens is 605 g/mol. The quantitative estimate of drug-likeness (QED) is 0.142. The number of carbonyl (C=O) groups is 2. The van der Waals surface area contributed by atoms with Gasteiger partial charge in [0.15, 0.2) is 11.4 Å². The summed E-state index contributed by atoms with van der Waals surface area (Å²) < 4.78 is 14.5. The van der Waals surface area contributed by atoms with Crippen LogP contribution in [-0.2, 0) is 32.2 Å². The van der Waals surface area contributed by atoms with E-state index in [1.54, 1.807) is 47.3 Å². The number of aromatic nitrogens is 2. The van der Waals surface area contributed by atoms with Crippen molar-refractivity contribution >= 4 is 52.1 Å². The number of carbonyl (C=O) groups excluding carboxylic acids is 2. The zero-order chi connectivity index (χ0) is 31.1. The average Bonchev–Trinajstić information content (AvgIpc) is 3.34. The number of hydrogen-bond acceptors (Lipinski definition) is 7. The highest BCUT2D eigenvalue weighted by Gasteiger charge is 2.33. The highest BCUT2D eigenvalue weighted by molar-refractivity contribution is 6.40. The van der Waals surface area contributed by atoms with Crippen LogP contribution in [0, 0.1) is 0 Å². The molecule has 1 saturated heterocycles. The molecule has 44 heavy (non-hydrogen) atoms. The fourth-order valence-electron chi connectivity index (χ4n) is 4.90. The Morgan fingerprint density at radius 2 is 1.61 bits per heavy atom. The van der Waals surface area contributed by atoms with Gasteiger partial charge in [-0.25, -0.2) is 4.98 Å². The Morgan fingerprint density at radius 3 is 2.27 bits per heavy atom. The third-order valence-corrected chi connectivity index (χ3v) is 8.03. The van der Waals surface area contributed by atoms with Gasteiger partial charge in [0.1, 0.15) is 5.15 Å². The Bertz CT molecular complexity index is 1580. The molecule has 2 amide bonds. The van der Waals surface area contributed by atoms with E-state index in [-0.39, 0.29) is 48.6 Å². The second-order valence-electron chi connectivity index (χ2n) is 10.5. The summed E-state index contributed by atoms with van der Waals surface area (Å²) in [6, 6.07) is 21.9. The predicted molar refractivity (Wildman–Crippen MR) is 169 cm³/mol. The van der Waals surface area contributed by atoms with Crippen LogP contribution in [0.2, 0.25) is 10.3 Å². The van der Waals surface area contributed by atoms with E-state index in [4.69, 9.17) is 38.4 Å². The first-order valence-corrected chi connectivity index (χ1v) is 15.0. The molecule has 2 heterocycles. The molecule has 5 rings (SSSR count). The lowest BCUT2D eigenvalue weighted by Gasteiger charge is -2.36. The number of benzene rings is 3. The average molecular weight is 639 g/mol. The number of para-hydroxylation sites is 2. The summed E-state index contributed by atoms with van der Waals surface area (Å²) in [5.74, 6) is -0.399. The largest absolute Gasteiger partial charge is 0.397 e. The van der Waals surface area contributed by atoms with Crippen molar-refractivity contribution in [2.24, 2.45) is 0 Å². The SMILES string of the molecule is Nc1ccccc1NC(=O)CCCC(=O)Nc1ccc([C@H]2O[C@@H](Cn3cnc(Cl)c3Cl)C[C@@H](c3ccc(CO)cc3)O2)cc1. The minimum atomic E-state index is -0.684. The highest BCUT2D eigenvalue weighted by atomic mass is 35.5. The number of nitrogen functional groups attached to an aromatic ring is 1. The van der Waals surface area contributed by atoms with Crippen LogP contribution >= 0.6 is 23.2 Å². The molecule has 5 N–H and O–H groups in total. The maximum Gasteiger partial charge on any atom is 0.224 e. The van der Waals surface area contributed by atoms with Crippen molar-refractivity contribution in [1.29, 1.82) is 0 Å². The van der Waals surface area contributed by atoms with Crippen LogP contribution in [0.5, 0.6) is 0 Å². The van der Waals surface area contributed by atoms with Gasteiger partial charge in [-0.05, 0) is 41.8 Å². The van der Waals surface area contributed by atoms with Crippen LogP contribution in [0.25, 0.3) is 0 Å². The fraction of sp³-hybridized carbons (Fsp3) is 0.281. The number of nitrogens with two attached hydrogens (primary N) is 1. The third kappa shape index (κ3) is 8.16. The van der Waals surface area contributed by atoms with Crippen molar-refractivity contribution in [3.63, 3.8) is 0 Å². The van der Waals surface area contributed by atoms with Gasteiger partial charge in [0.2, 0.25) is 11.8 Å². The van der Waals surface area contributed by atoms with Gasteiger partial charge in [-0.15, -0.1) is 0 Å². The number of hydrogen-bond donors (Lipinski definition) is 4. The Balaban J connectivity index is 1.19. The van der Waals surface area contributed by atoms with E-state index >= 15 is 0 Å². The number of amides is 2. The maximum absolute atomic E-state index is 12.5. The number of imidazole rings is 1. The minimum Gasteiger partial charge on any atom is -0.397 e. The van der Waals surface area contributed by atoms with Crippen molar-refractivity contribution in [3.05, 3.63) is 106 Å². The van der Waals surface area contributed by atoms with Crippen molar-refractivity contribution in [1.82, 2.24) is 9.55 Å². The molecule has 12 heteroatoms. The van der Waals surface area contributed by atoms with E-state index in [9.17, 15) is 14.7 Å². The van der Waals surface area contributed by atoms with E-state index in [1.165, 1.54) is 0 Å². The van der Waals surface area contributed by atoms with Gasteiger partial charge in [-0.1, -0.05) is 71.7 Å². The molecule has 0 saturated carbocycles. The summed E-state index contributed by atoms with van der Waals surface area (Å²) in [7, 11) is 0. The van der Waals surface area contributed by atoms with Gasteiger partial charge >= 0.3 is 0 Å². The topological polar surface area (TPSA) is 141 Å². The molecule has 4 aromatic rings. The van der Waals surface area contributed by atoms with Crippen molar-refractivity contribution in [2.75, 3.05) is 16.4 Å². The van der Waals surface area contributed by atoms with Crippen LogP contribution in [-0.4, -0.2) is 32.6 Å². The summed E-state index contributed by atoms with van der Waals surface area (Å²) in [4.78, 5) is 28.8. The molecule has 10 nitrogen and oxygen atoms in total. The van der Waals surface area contributed by atoms with Gasteiger partial charge < -0.3 is 35.5 Å². The van der Waals surface area contributed by atoms with Gasteiger partial charge in [0.05, 0.1) is 43.1 Å². The van der Waals surface area contributed by atoms with E-state index < -0.39 is 6.29 Å². The maximum atomic E-state index is 12.5. The first-order chi connectivity index (χ1) is 21.3. The molecule has 0 aliphatic carbocycles. The molecule has 1 aliphatic heterocycles. The molecule has 0 spiro atoms. The molecule has 1 fully saturated rings. The Labute approximate surface area is 265 Å². The Morgan fingerprint density at radius 1 is 0.932 bits per heavy atom. The number of ether oxygens (including phenoxy) is 2. The van der Waals surface area contributed by atoms with Crippen molar-refractivity contribution in [3.8, 4) is 0 Å². The van der Waals surface area contributed by atoms with Crippen LogP contribution < -0.4 is 16.4 Å². The normalized spacial score (nSPS) is 18.1. The van der Waals surface area contributed by atoms with E-state index in [0.717, 1.165) is 16.7 Å². The zero-order valence-corrected chi connectivity index (χ0v) is 25.3. The second-order valence-corrected chi connectivity index (χ2v) is 11.2. The van der Waals surface area contributed by atoms with Crippen LogP contribution in [0.4, 0.5) is 17.1 Å². The molecule has 3 atom stereocenters. The van der Waals surface area contributed by atoms with E-state index in [0.29, 0.717) is 41.6 Å². The standard InChI is InChI=1S/C32H33Cl2N5O5/c33-30-31(34)39(19-36-30)17-24-16-27(21-10-8-20(18-40)9-11-21)44-32(43-24)22-12-14-23(15-13-22)37-28(41)6-3-7-29(42)38-26-5-2-1-4-25(26)35/h1-2,4-5,8-15,19,24,27,32,40H,3,6-7,16-18,35H2,(H,37,41)(H,38,42)/t24-,27+,32+/m1/s1. The summed E-state index contributed by atoms with van der Waals surface area (Å²) in [6.45, 7) is 0.386. The van der Waals surface area contributed by atoms with Crippen molar-refractivity contribution in [2.45, 2.75) is 57.3 Å². The van der Waals surface area contributed by atoms with Gasteiger partial charge in [0.25, 0.3) is 0 Å². The Kier molecular flexibility index (Phi) is 10.5. The molecule has 230 valence electrons. The lowest BCUT2D eigenvalue weighted by molar-refractivity contribution is -0.252. The number of halogens is 2. The lowest BCUT2D eigenvalue weighted by Crippen LogP contribution is -2.32. The van der Waals surface area contributed by atoms with Crippen LogP contribution in [0.1, 0.15) is 54.8 Å². The van der Waals surface area contributed by atoms with Gasteiger partial charge in [0, 0.05) is 30.5 Å². The Hall–Kier alpha value is -3.93. The fourth-order valence-corrected chi connectivity index (χ4v) is 5.22. The number of nitrogens with one attached hydrogen (secondary N) is 2. The molecule has 3 aromatic carbocycles. The molecule has 1 aliphatic rings. The molecule has 1 aromatic heterocycles. The summed E-state index contributed by atoms with van der Waals surface area (Å²) in [5, 5.41) is 15.6. The predicted octanol–water partition coefficient (Wildman–Crippen LogP) is 6.26. The number of aliphatic hydroxyl groups excluding tert-OH is 1. The van der Waals surface area contributed by atoms with Gasteiger partial charge in [-0.3, -0.25) is 9.59 Å². The van der Waals surface area contributed by atoms with Crippen LogP contribution in [0.15, 0.2) is 79.1 Å².